The van der Waals surface area contributed by atoms with Crippen molar-refractivity contribution in [1.82, 2.24) is 14.7 Å². The van der Waals surface area contributed by atoms with Crippen molar-refractivity contribution in [2.24, 2.45) is 5.92 Å². The van der Waals surface area contributed by atoms with Crippen molar-refractivity contribution in [2.45, 2.75) is 32.0 Å². The van der Waals surface area contributed by atoms with E-state index in [-0.39, 0.29) is 6.10 Å². The van der Waals surface area contributed by atoms with Crippen LogP contribution in [0.4, 0.5) is 0 Å². The Bertz CT molecular complexity index is 775. The number of piperidine rings is 1. The van der Waals surface area contributed by atoms with Gasteiger partial charge < -0.3 is 5.11 Å². The number of benzene rings is 1. The van der Waals surface area contributed by atoms with Crippen LogP contribution in [0.5, 0.6) is 0 Å². The average Bonchev–Trinajstić information content (AvgIpc) is 3.37. The second-order valence-corrected chi connectivity index (χ2v) is 8.07. The standard InChI is InChI=1S/C21H25N3OS/c25-21(20-3-1-14-26-20)19-8-12-23(13-9-19)15-17-4-6-18(7-5-17)16-24-11-2-10-22-24/h1-7,10-11,14,19,21,25H,8-9,12-13,15-16H2. The van der Waals surface area contributed by atoms with Crippen molar-refractivity contribution in [3.63, 3.8) is 0 Å². The summed E-state index contributed by atoms with van der Waals surface area (Å²) < 4.78 is 1.94. The van der Waals surface area contributed by atoms with E-state index in [0.717, 1.165) is 43.9 Å². The molecule has 4 rings (SSSR count). The lowest BCUT2D eigenvalue weighted by Gasteiger charge is -2.34. The maximum absolute atomic E-state index is 10.5. The van der Waals surface area contributed by atoms with Gasteiger partial charge in [-0.1, -0.05) is 30.3 Å². The summed E-state index contributed by atoms with van der Waals surface area (Å²) in [5.74, 6) is 0.390. The topological polar surface area (TPSA) is 41.3 Å². The van der Waals surface area contributed by atoms with Crippen LogP contribution in [0.3, 0.4) is 0 Å². The molecule has 1 fully saturated rings. The van der Waals surface area contributed by atoms with Crippen molar-refractivity contribution >= 4 is 11.3 Å². The lowest BCUT2D eigenvalue weighted by Crippen LogP contribution is -2.35. The van der Waals surface area contributed by atoms with E-state index < -0.39 is 0 Å². The third-order valence-electron chi connectivity index (χ3n) is 5.25. The number of aromatic nitrogens is 2. The molecule has 5 heteroatoms. The average molecular weight is 368 g/mol. The summed E-state index contributed by atoms with van der Waals surface area (Å²) >= 11 is 1.66. The summed E-state index contributed by atoms with van der Waals surface area (Å²) in [5.41, 5.74) is 2.63. The zero-order valence-electron chi connectivity index (χ0n) is 14.9. The zero-order chi connectivity index (χ0) is 17.8. The summed E-state index contributed by atoms with van der Waals surface area (Å²) in [5, 5.41) is 16.8. The zero-order valence-corrected chi connectivity index (χ0v) is 15.7. The molecule has 136 valence electrons. The summed E-state index contributed by atoms with van der Waals surface area (Å²) in [4.78, 5) is 3.61. The molecule has 1 N–H and O–H groups in total. The van der Waals surface area contributed by atoms with Gasteiger partial charge in [-0.2, -0.15) is 5.10 Å². The monoisotopic (exact) mass is 367 g/mol. The Hall–Kier alpha value is -1.95. The maximum atomic E-state index is 10.5. The Morgan fingerprint density at radius 1 is 1.04 bits per heavy atom. The Morgan fingerprint density at radius 3 is 2.38 bits per heavy atom. The first-order valence-corrected chi connectivity index (χ1v) is 10.1. The second-order valence-electron chi connectivity index (χ2n) is 7.09. The molecule has 26 heavy (non-hydrogen) atoms. The minimum atomic E-state index is -0.293. The third-order valence-corrected chi connectivity index (χ3v) is 6.19. The fourth-order valence-corrected chi connectivity index (χ4v) is 4.51. The fourth-order valence-electron chi connectivity index (χ4n) is 3.71. The molecule has 1 aromatic carbocycles. The van der Waals surface area contributed by atoms with E-state index in [1.807, 2.05) is 40.7 Å². The highest BCUT2D eigenvalue weighted by atomic mass is 32.1. The lowest BCUT2D eigenvalue weighted by molar-refractivity contribution is 0.0591. The van der Waals surface area contributed by atoms with Gasteiger partial charge in [-0.05, 0) is 60.5 Å². The molecule has 3 aromatic rings. The van der Waals surface area contributed by atoms with Gasteiger partial charge in [-0.25, -0.2) is 0 Å². The maximum Gasteiger partial charge on any atom is 0.0910 e. The Morgan fingerprint density at radius 2 is 1.77 bits per heavy atom. The minimum absolute atomic E-state index is 0.293. The molecule has 0 aliphatic carbocycles. The van der Waals surface area contributed by atoms with Crippen molar-refractivity contribution in [2.75, 3.05) is 13.1 Å². The van der Waals surface area contributed by atoms with Crippen LogP contribution in [-0.4, -0.2) is 32.9 Å². The highest BCUT2D eigenvalue weighted by Gasteiger charge is 2.26. The summed E-state index contributed by atoms with van der Waals surface area (Å²) in [6, 6.07) is 14.9. The Kier molecular flexibility index (Phi) is 5.48. The van der Waals surface area contributed by atoms with Gasteiger partial charge in [0.15, 0.2) is 0 Å². The molecular formula is C21H25N3OS. The van der Waals surface area contributed by atoms with Crippen LogP contribution in [0.25, 0.3) is 0 Å². The van der Waals surface area contributed by atoms with Crippen molar-refractivity contribution in [3.8, 4) is 0 Å². The summed E-state index contributed by atoms with van der Waals surface area (Å²) in [6.45, 7) is 3.92. The van der Waals surface area contributed by atoms with E-state index in [1.54, 1.807) is 11.3 Å². The van der Waals surface area contributed by atoms with Crippen LogP contribution in [0.1, 0.15) is 34.9 Å². The van der Waals surface area contributed by atoms with Crippen molar-refractivity contribution in [3.05, 3.63) is 76.2 Å². The quantitative estimate of drug-likeness (QED) is 0.717. The van der Waals surface area contributed by atoms with Gasteiger partial charge in [0, 0.05) is 23.8 Å². The number of nitrogens with zero attached hydrogens (tertiary/aromatic N) is 3. The van der Waals surface area contributed by atoms with Gasteiger partial charge in [-0.15, -0.1) is 11.3 Å². The molecule has 1 unspecified atom stereocenters. The number of likely N-dealkylation sites (tertiary alicyclic amines) is 1. The SMILES string of the molecule is OC(c1cccs1)C1CCN(Cc2ccc(Cn3cccn3)cc2)CC1. The Labute approximate surface area is 158 Å². The fraction of sp³-hybridized carbons (Fsp3) is 0.381. The van der Waals surface area contributed by atoms with Crippen molar-refractivity contribution in [1.29, 1.82) is 0 Å². The van der Waals surface area contributed by atoms with Crippen LogP contribution < -0.4 is 0 Å². The molecule has 1 aliphatic rings. The van der Waals surface area contributed by atoms with E-state index >= 15 is 0 Å². The predicted molar refractivity (Wildman–Crippen MR) is 105 cm³/mol. The van der Waals surface area contributed by atoms with E-state index in [4.69, 9.17) is 0 Å². The number of aliphatic hydroxyl groups is 1. The molecular weight excluding hydrogens is 342 g/mol. The molecule has 0 saturated carbocycles. The van der Waals surface area contributed by atoms with E-state index in [9.17, 15) is 5.11 Å². The van der Waals surface area contributed by atoms with Gasteiger partial charge >= 0.3 is 0 Å². The molecule has 0 radical (unpaired) electrons. The molecule has 0 spiro atoms. The van der Waals surface area contributed by atoms with Gasteiger partial charge in [-0.3, -0.25) is 9.58 Å². The molecule has 0 bridgehead atoms. The highest BCUT2D eigenvalue weighted by Crippen LogP contribution is 2.33. The van der Waals surface area contributed by atoms with Crippen LogP contribution in [-0.2, 0) is 13.1 Å². The van der Waals surface area contributed by atoms with Gasteiger partial charge in [0.2, 0.25) is 0 Å². The first-order valence-electron chi connectivity index (χ1n) is 9.27. The normalized spacial score (nSPS) is 17.4. The predicted octanol–water partition coefficient (Wildman–Crippen LogP) is 3.94. The molecule has 4 nitrogen and oxygen atoms in total. The molecule has 1 aliphatic heterocycles. The van der Waals surface area contributed by atoms with Gasteiger partial charge in [0.05, 0.1) is 12.6 Å². The number of thiophene rings is 1. The van der Waals surface area contributed by atoms with Crippen molar-refractivity contribution < 1.29 is 5.11 Å². The number of hydrogen-bond acceptors (Lipinski definition) is 4. The summed E-state index contributed by atoms with van der Waals surface area (Å²) in [6.07, 6.45) is 5.64. The van der Waals surface area contributed by atoms with E-state index in [2.05, 4.69) is 34.3 Å². The molecule has 0 amide bonds. The third kappa shape index (κ3) is 4.23. The number of hydrogen-bond donors (Lipinski definition) is 1. The van der Waals surface area contributed by atoms with Crippen LogP contribution in [0.15, 0.2) is 60.2 Å². The van der Waals surface area contributed by atoms with Crippen LogP contribution >= 0.6 is 11.3 Å². The van der Waals surface area contributed by atoms with Gasteiger partial charge in [0.25, 0.3) is 0 Å². The second kappa shape index (κ2) is 8.16. The molecule has 2 aromatic heterocycles. The van der Waals surface area contributed by atoms with Gasteiger partial charge in [0.1, 0.15) is 0 Å². The highest BCUT2D eigenvalue weighted by molar-refractivity contribution is 7.10. The minimum Gasteiger partial charge on any atom is -0.387 e. The largest absolute Gasteiger partial charge is 0.387 e. The first-order chi connectivity index (χ1) is 12.8. The summed E-state index contributed by atoms with van der Waals surface area (Å²) in [7, 11) is 0. The Balaban J connectivity index is 1.27. The number of aliphatic hydroxyl groups excluding tert-OH is 1. The number of rotatable bonds is 6. The van der Waals surface area contributed by atoms with E-state index in [0.29, 0.717) is 5.92 Å². The molecule has 3 heterocycles. The smallest absolute Gasteiger partial charge is 0.0910 e. The first kappa shape index (κ1) is 17.5. The van der Waals surface area contributed by atoms with E-state index in [1.165, 1.54) is 11.1 Å². The molecule has 1 saturated heterocycles. The van der Waals surface area contributed by atoms with Crippen LogP contribution in [0, 0.1) is 5.92 Å². The molecule has 1 atom stereocenters. The van der Waals surface area contributed by atoms with Crippen LogP contribution in [0.2, 0.25) is 0 Å². The lowest BCUT2D eigenvalue weighted by atomic mass is 9.90.